The summed E-state index contributed by atoms with van der Waals surface area (Å²) in [7, 11) is 0. The van der Waals surface area contributed by atoms with Crippen LogP contribution in [0, 0.1) is 0 Å². The Kier molecular flexibility index (Phi) is 4.23. The number of ether oxygens (including phenoxy) is 1. The predicted octanol–water partition coefficient (Wildman–Crippen LogP) is 5.45. The average molecular weight is 425 g/mol. The van der Waals surface area contributed by atoms with Crippen molar-refractivity contribution < 1.29 is 19.1 Å². The molecule has 2 aromatic rings. The number of hydrogen-bond donors (Lipinski definition) is 0. The van der Waals surface area contributed by atoms with Crippen LogP contribution >= 0.6 is 23.2 Å². The zero-order valence-corrected chi connectivity index (χ0v) is 16.6. The molecule has 0 radical (unpaired) electrons. The summed E-state index contributed by atoms with van der Waals surface area (Å²) in [5.41, 5.74) is 1.77. The highest BCUT2D eigenvalue weighted by atomic mass is 35.5. The molecule has 0 fully saturated rings. The Balaban J connectivity index is 1.79. The summed E-state index contributed by atoms with van der Waals surface area (Å²) in [5.74, 6) is -1.07. The molecule has 0 saturated heterocycles. The minimum Gasteiger partial charge on any atom is -0.457 e. The zero-order valence-electron chi connectivity index (χ0n) is 15.1. The van der Waals surface area contributed by atoms with Gasteiger partial charge in [-0.2, -0.15) is 0 Å². The van der Waals surface area contributed by atoms with E-state index in [1.165, 1.54) is 0 Å². The SMILES string of the molecule is O=C1CCCC2=C1C(c1ccc(Cl)cc1Cl)C1=C(O2)C(=O)c2ccccc2C1=O. The van der Waals surface area contributed by atoms with Crippen LogP contribution in [0.2, 0.25) is 10.0 Å². The fraction of sp³-hybridized carbons (Fsp3) is 0.174. The number of allylic oxidation sites excluding steroid dienone is 4. The van der Waals surface area contributed by atoms with Gasteiger partial charge in [-0.25, -0.2) is 0 Å². The number of hydrogen-bond acceptors (Lipinski definition) is 4. The molecule has 0 saturated carbocycles. The van der Waals surface area contributed by atoms with Gasteiger partial charge in [-0.1, -0.05) is 53.5 Å². The van der Waals surface area contributed by atoms with Gasteiger partial charge in [0.25, 0.3) is 0 Å². The normalized spacial score (nSPS) is 20.9. The molecule has 144 valence electrons. The zero-order chi connectivity index (χ0) is 20.3. The van der Waals surface area contributed by atoms with Crippen molar-refractivity contribution in [2.24, 2.45) is 0 Å². The van der Waals surface area contributed by atoms with Gasteiger partial charge in [0.2, 0.25) is 5.78 Å². The number of ketones is 3. The van der Waals surface area contributed by atoms with Crippen molar-refractivity contribution in [3.8, 4) is 0 Å². The minimum atomic E-state index is -0.754. The summed E-state index contributed by atoms with van der Waals surface area (Å²) < 4.78 is 5.92. The molecular weight excluding hydrogens is 411 g/mol. The monoisotopic (exact) mass is 424 g/mol. The molecule has 1 heterocycles. The van der Waals surface area contributed by atoms with Crippen molar-refractivity contribution in [3.63, 3.8) is 0 Å². The Bertz CT molecular complexity index is 1190. The van der Waals surface area contributed by atoms with E-state index < -0.39 is 5.92 Å². The maximum absolute atomic E-state index is 13.4. The topological polar surface area (TPSA) is 60.4 Å². The van der Waals surface area contributed by atoms with Crippen LogP contribution in [-0.4, -0.2) is 17.3 Å². The molecule has 5 rings (SSSR count). The highest BCUT2D eigenvalue weighted by molar-refractivity contribution is 6.35. The molecule has 2 aliphatic carbocycles. The van der Waals surface area contributed by atoms with Gasteiger partial charge in [0, 0.05) is 39.6 Å². The van der Waals surface area contributed by atoms with Crippen molar-refractivity contribution in [3.05, 3.63) is 91.9 Å². The van der Waals surface area contributed by atoms with Crippen molar-refractivity contribution in [1.82, 2.24) is 0 Å². The fourth-order valence-electron chi connectivity index (χ4n) is 4.31. The molecule has 0 bridgehead atoms. The van der Waals surface area contributed by atoms with E-state index in [0.29, 0.717) is 57.3 Å². The quantitative estimate of drug-likeness (QED) is 0.610. The summed E-state index contributed by atoms with van der Waals surface area (Å²) in [6.07, 6.45) is 1.54. The van der Waals surface area contributed by atoms with Crippen LogP contribution in [0.1, 0.15) is 51.5 Å². The number of benzene rings is 2. The van der Waals surface area contributed by atoms with E-state index >= 15 is 0 Å². The van der Waals surface area contributed by atoms with E-state index in [-0.39, 0.29) is 28.7 Å². The van der Waals surface area contributed by atoms with Crippen LogP contribution < -0.4 is 0 Å². The number of carbonyl (C=O) groups is 3. The first-order valence-electron chi connectivity index (χ1n) is 9.29. The van der Waals surface area contributed by atoms with E-state index in [0.717, 1.165) is 0 Å². The van der Waals surface area contributed by atoms with E-state index in [2.05, 4.69) is 0 Å². The van der Waals surface area contributed by atoms with E-state index in [4.69, 9.17) is 27.9 Å². The van der Waals surface area contributed by atoms with Gasteiger partial charge < -0.3 is 4.74 Å². The van der Waals surface area contributed by atoms with Crippen LogP contribution in [0.3, 0.4) is 0 Å². The van der Waals surface area contributed by atoms with Gasteiger partial charge in [-0.15, -0.1) is 0 Å². The molecule has 2 aromatic carbocycles. The molecule has 0 aromatic heterocycles. The highest BCUT2D eigenvalue weighted by Gasteiger charge is 2.46. The maximum atomic E-state index is 13.4. The lowest BCUT2D eigenvalue weighted by Gasteiger charge is -2.35. The van der Waals surface area contributed by atoms with Crippen molar-refractivity contribution in [1.29, 1.82) is 0 Å². The largest absolute Gasteiger partial charge is 0.457 e. The Morgan fingerprint density at radius 1 is 0.862 bits per heavy atom. The third-order valence-corrected chi connectivity index (χ3v) is 6.16. The van der Waals surface area contributed by atoms with Crippen molar-refractivity contribution in [2.75, 3.05) is 0 Å². The molecule has 0 N–H and O–H groups in total. The van der Waals surface area contributed by atoms with Crippen LogP contribution in [0.4, 0.5) is 0 Å². The standard InChI is InChI=1S/C23H14Cl2O4/c24-11-8-9-14(15(25)10-11)18-19-16(26)6-3-7-17(19)29-23-20(18)21(27)12-4-1-2-5-13(12)22(23)28/h1-2,4-5,8-10,18H,3,6-7H2. The number of carbonyl (C=O) groups excluding carboxylic acids is 3. The first kappa shape index (κ1) is 18.3. The molecule has 1 aliphatic heterocycles. The molecule has 6 heteroatoms. The van der Waals surface area contributed by atoms with Gasteiger partial charge in [-0.3, -0.25) is 14.4 Å². The third-order valence-electron chi connectivity index (χ3n) is 5.60. The van der Waals surface area contributed by atoms with Gasteiger partial charge >= 0.3 is 0 Å². The predicted molar refractivity (Wildman–Crippen MR) is 108 cm³/mol. The summed E-state index contributed by atoms with van der Waals surface area (Å²) in [4.78, 5) is 39.5. The second-order valence-corrected chi connectivity index (χ2v) is 8.10. The Morgan fingerprint density at radius 2 is 1.59 bits per heavy atom. The summed E-state index contributed by atoms with van der Waals surface area (Å²) in [5, 5.41) is 0.779. The summed E-state index contributed by atoms with van der Waals surface area (Å²) in [6, 6.07) is 11.6. The number of rotatable bonds is 1. The van der Waals surface area contributed by atoms with Crippen LogP contribution in [-0.2, 0) is 9.53 Å². The molecule has 3 aliphatic rings. The van der Waals surface area contributed by atoms with E-state index in [1.54, 1.807) is 42.5 Å². The second-order valence-electron chi connectivity index (χ2n) is 7.26. The van der Waals surface area contributed by atoms with Gasteiger partial charge in [0.05, 0.1) is 11.5 Å². The smallest absolute Gasteiger partial charge is 0.229 e. The number of halogens is 2. The molecule has 4 nitrogen and oxygen atoms in total. The lowest BCUT2D eigenvalue weighted by atomic mass is 9.72. The molecule has 1 unspecified atom stereocenters. The molecule has 1 atom stereocenters. The first-order valence-corrected chi connectivity index (χ1v) is 10.0. The van der Waals surface area contributed by atoms with E-state index in [1.807, 2.05) is 0 Å². The average Bonchev–Trinajstić information content (AvgIpc) is 2.71. The first-order chi connectivity index (χ1) is 14.0. The second kappa shape index (κ2) is 6.68. The Hall–Kier alpha value is -2.69. The maximum Gasteiger partial charge on any atom is 0.229 e. The molecular formula is C23H14Cl2O4. The summed E-state index contributed by atoms with van der Waals surface area (Å²) in [6.45, 7) is 0. The fourth-order valence-corrected chi connectivity index (χ4v) is 4.83. The van der Waals surface area contributed by atoms with Crippen LogP contribution in [0.5, 0.6) is 0 Å². The van der Waals surface area contributed by atoms with Gasteiger partial charge in [-0.05, 0) is 24.1 Å². The van der Waals surface area contributed by atoms with Gasteiger partial charge in [0.1, 0.15) is 5.76 Å². The molecule has 29 heavy (non-hydrogen) atoms. The van der Waals surface area contributed by atoms with E-state index in [9.17, 15) is 14.4 Å². The van der Waals surface area contributed by atoms with Crippen molar-refractivity contribution >= 4 is 40.6 Å². The minimum absolute atomic E-state index is 0.00170. The van der Waals surface area contributed by atoms with Crippen LogP contribution in [0.25, 0.3) is 0 Å². The molecule has 0 amide bonds. The lowest BCUT2D eigenvalue weighted by Crippen LogP contribution is -2.34. The number of Topliss-reactive ketones (excluding diaryl/α,β-unsaturated/α-hetero) is 3. The Labute approximate surface area is 176 Å². The van der Waals surface area contributed by atoms with Gasteiger partial charge in [0.15, 0.2) is 17.3 Å². The number of fused-ring (bicyclic) bond motifs is 1. The Morgan fingerprint density at radius 3 is 2.31 bits per heavy atom. The lowest BCUT2D eigenvalue weighted by molar-refractivity contribution is -0.116. The summed E-state index contributed by atoms with van der Waals surface area (Å²) >= 11 is 12.5. The van der Waals surface area contributed by atoms with Crippen molar-refractivity contribution in [2.45, 2.75) is 25.2 Å². The third kappa shape index (κ3) is 2.70. The highest BCUT2D eigenvalue weighted by Crippen LogP contribution is 2.49. The molecule has 0 spiro atoms. The van der Waals surface area contributed by atoms with Crippen LogP contribution in [0.15, 0.2) is 65.1 Å².